The van der Waals surface area contributed by atoms with E-state index in [0.717, 1.165) is 32.1 Å². The van der Waals surface area contributed by atoms with E-state index < -0.39 is 39.6 Å². The van der Waals surface area contributed by atoms with Crippen molar-refractivity contribution >= 4 is 63.2 Å². The quantitative estimate of drug-likeness (QED) is 0.0927. The van der Waals surface area contributed by atoms with E-state index in [1.807, 2.05) is 19.9 Å². The van der Waals surface area contributed by atoms with Gasteiger partial charge in [-0.05, 0) is 69.9 Å². The average Bonchev–Trinajstić information content (AvgIpc) is 3.58. The van der Waals surface area contributed by atoms with Crippen molar-refractivity contribution in [3.05, 3.63) is 36.0 Å². The zero-order valence-corrected chi connectivity index (χ0v) is 29.3. The topological polar surface area (TPSA) is 129 Å². The van der Waals surface area contributed by atoms with Crippen LogP contribution in [-0.4, -0.2) is 81.3 Å². The first-order valence-electron chi connectivity index (χ1n) is 15.2. The zero-order chi connectivity index (χ0) is 32.9. The number of rotatable bonds is 12. The molecule has 0 unspecified atom stereocenters. The number of allylic oxidation sites excluding steroid dienone is 1. The number of aromatic nitrogens is 2. The summed E-state index contributed by atoms with van der Waals surface area (Å²) in [5.74, 6) is 0.106. The molecule has 2 aromatic rings. The Bertz CT molecular complexity index is 1400. The fourth-order valence-corrected chi connectivity index (χ4v) is 6.73. The average molecular weight is 757 g/mol. The molecule has 0 radical (unpaired) electrons. The van der Waals surface area contributed by atoms with Crippen molar-refractivity contribution in [2.24, 2.45) is 11.8 Å². The van der Waals surface area contributed by atoms with Crippen molar-refractivity contribution in [2.45, 2.75) is 87.0 Å². The Balaban J connectivity index is 1.51. The number of amides is 2. The Morgan fingerprint density at radius 1 is 1.22 bits per heavy atom. The molecule has 0 bridgehead atoms. The molecule has 2 amide bonds. The van der Waals surface area contributed by atoms with Crippen LogP contribution in [0.2, 0.25) is 5.15 Å². The predicted octanol–water partition coefficient (Wildman–Crippen LogP) is 5.89. The lowest BCUT2D eigenvalue weighted by atomic mass is 9.96. The molecule has 1 aliphatic heterocycles. The number of hydrogen-bond donors (Lipinski definition) is 1. The van der Waals surface area contributed by atoms with Gasteiger partial charge >= 0.3 is 12.1 Å². The molecule has 1 saturated heterocycles. The molecule has 45 heavy (non-hydrogen) atoms. The fourth-order valence-electron chi connectivity index (χ4n) is 6.13. The highest BCUT2D eigenvalue weighted by molar-refractivity contribution is 14.1. The standard InChI is InChI=1S/C32H42ClIN4O7/c1-7-8-9-10-19-12-11-18(2)25(19)45-31(41)37-26(32(3,4)34)29(39)38-17-21(16-24(38)30(40)43-6)44-28-27(33)35-22-14-13-20(42-5)15-23(22)36-28/h7,13-15,18-19,21,24-26H,1,8-12,16-17H2,2-6H3,(H,37,41)/t18-,19-,21-,24+,25-,26-/m1/s1. The van der Waals surface area contributed by atoms with E-state index >= 15 is 0 Å². The number of nitrogens with one attached hydrogen (secondary N) is 1. The summed E-state index contributed by atoms with van der Waals surface area (Å²) < 4.78 is 21.7. The van der Waals surface area contributed by atoms with Crippen LogP contribution in [0.5, 0.6) is 11.6 Å². The molecule has 0 spiro atoms. The Kier molecular flexibility index (Phi) is 11.8. The van der Waals surface area contributed by atoms with Crippen LogP contribution in [-0.2, 0) is 19.1 Å². The summed E-state index contributed by atoms with van der Waals surface area (Å²) in [6, 6.07) is 3.26. The summed E-state index contributed by atoms with van der Waals surface area (Å²) in [4.78, 5) is 50.6. The van der Waals surface area contributed by atoms with E-state index in [1.54, 1.807) is 25.3 Å². The van der Waals surface area contributed by atoms with Crippen LogP contribution in [0.3, 0.4) is 0 Å². The van der Waals surface area contributed by atoms with Gasteiger partial charge in [-0.1, -0.05) is 47.2 Å². The summed E-state index contributed by atoms with van der Waals surface area (Å²) in [6.07, 6.45) is 5.33. The number of carbonyl (C=O) groups excluding carboxylic acids is 3. The van der Waals surface area contributed by atoms with Gasteiger partial charge in [0.2, 0.25) is 5.91 Å². The number of hydrogen-bond acceptors (Lipinski definition) is 9. The van der Waals surface area contributed by atoms with E-state index in [0.29, 0.717) is 16.8 Å². The van der Waals surface area contributed by atoms with Gasteiger partial charge in [0.1, 0.15) is 30.0 Å². The van der Waals surface area contributed by atoms with Crippen LogP contribution < -0.4 is 14.8 Å². The smallest absolute Gasteiger partial charge is 0.408 e. The van der Waals surface area contributed by atoms with Crippen LogP contribution in [0, 0.1) is 11.8 Å². The SMILES string of the molecule is C=CCCC[C@@H]1CC[C@@H](C)[C@H]1OC(=O)N[C@H](C(=O)N1C[C@H](Oc2nc3cc(OC)ccc3nc2Cl)C[C@H]1C(=O)OC)C(C)(C)I. The third-order valence-electron chi connectivity index (χ3n) is 8.54. The molecule has 2 aliphatic rings. The first-order valence-corrected chi connectivity index (χ1v) is 16.6. The van der Waals surface area contributed by atoms with Crippen LogP contribution in [0.1, 0.15) is 59.3 Å². The van der Waals surface area contributed by atoms with E-state index in [9.17, 15) is 14.4 Å². The molecule has 2 fully saturated rings. The number of esters is 1. The minimum absolute atomic E-state index is 0.0394. The first kappa shape index (κ1) is 35.0. The highest BCUT2D eigenvalue weighted by Crippen LogP contribution is 2.37. The number of benzene rings is 1. The minimum Gasteiger partial charge on any atom is -0.497 e. The molecule has 6 atom stereocenters. The lowest BCUT2D eigenvalue weighted by Crippen LogP contribution is -2.58. The highest BCUT2D eigenvalue weighted by Gasteiger charge is 2.47. The number of ether oxygens (including phenoxy) is 4. The Hall–Kier alpha value is -2.87. The maximum Gasteiger partial charge on any atom is 0.408 e. The Morgan fingerprint density at radius 2 is 1.98 bits per heavy atom. The van der Waals surface area contributed by atoms with Gasteiger partial charge < -0.3 is 29.2 Å². The second-order valence-electron chi connectivity index (χ2n) is 12.2. The van der Waals surface area contributed by atoms with Crippen molar-refractivity contribution in [3.8, 4) is 11.6 Å². The normalized spacial score (nSPS) is 23.8. The number of nitrogens with zero attached hydrogens (tertiary/aromatic N) is 3. The van der Waals surface area contributed by atoms with E-state index in [-0.39, 0.29) is 41.9 Å². The third-order valence-corrected chi connectivity index (χ3v) is 9.41. The lowest BCUT2D eigenvalue weighted by Gasteiger charge is -2.34. The van der Waals surface area contributed by atoms with Gasteiger partial charge in [0, 0.05) is 15.9 Å². The van der Waals surface area contributed by atoms with Crippen molar-refractivity contribution < 1.29 is 33.3 Å². The number of alkyl carbamates (subject to hydrolysis) is 1. The number of methoxy groups -OCH3 is 2. The Labute approximate surface area is 282 Å². The number of unbranched alkanes of at least 4 members (excludes halogenated alkanes) is 1. The van der Waals surface area contributed by atoms with Crippen molar-refractivity contribution in [3.63, 3.8) is 0 Å². The van der Waals surface area contributed by atoms with Crippen LogP contribution in [0.25, 0.3) is 11.0 Å². The van der Waals surface area contributed by atoms with E-state index in [2.05, 4.69) is 51.4 Å². The van der Waals surface area contributed by atoms with Gasteiger partial charge in [-0.3, -0.25) is 4.79 Å². The van der Waals surface area contributed by atoms with Gasteiger partial charge in [-0.2, -0.15) is 0 Å². The molecule has 1 aromatic carbocycles. The van der Waals surface area contributed by atoms with Gasteiger partial charge in [0.15, 0.2) is 5.15 Å². The van der Waals surface area contributed by atoms with Gasteiger partial charge in [0.05, 0.1) is 31.8 Å². The lowest BCUT2D eigenvalue weighted by molar-refractivity contribution is -0.151. The molecular formula is C32H42ClIN4O7. The molecule has 1 saturated carbocycles. The molecule has 13 heteroatoms. The third kappa shape index (κ3) is 8.49. The summed E-state index contributed by atoms with van der Waals surface area (Å²) in [5.41, 5.74) is 1.07. The molecule has 1 aliphatic carbocycles. The maximum absolute atomic E-state index is 14.1. The fraction of sp³-hybridized carbons (Fsp3) is 0.594. The van der Waals surface area contributed by atoms with Gasteiger partial charge in [-0.25, -0.2) is 19.6 Å². The summed E-state index contributed by atoms with van der Waals surface area (Å²) >= 11 is 8.53. The minimum atomic E-state index is -0.996. The maximum atomic E-state index is 14.1. The largest absolute Gasteiger partial charge is 0.497 e. The molecular weight excluding hydrogens is 715 g/mol. The Morgan fingerprint density at radius 3 is 2.64 bits per heavy atom. The van der Waals surface area contributed by atoms with Gasteiger partial charge in [-0.15, -0.1) is 6.58 Å². The molecule has 4 rings (SSSR count). The number of alkyl halides is 1. The molecule has 2 heterocycles. The molecule has 246 valence electrons. The summed E-state index contributed by atoms with van der Waals surface area (Å²) in [6.45, 7) is 9.59. The van der Waals surface area contributed by atoms with Crippen LogP contribution >= 0.6 is 34.2 Å². The second kappa shape index (κ2) is 15.1. The zero-order valence-electron chi connectivity index (χ0n) is 26.4. The van der Waals surface area contributed by atoms with Crippen molar-refractivity contribution in [1.82, 2.24) is 20.2 Å². The van der Waals surface area contributed by atoms with E-state index in [1.165, 1.54) is 12.0 Å². The first-order chi connectivity index (χ1) is 21.4. The number of halogens is 2. The monoisotopic (exact) mass is 756 g/mol. The summed E-state index contributed by atoms with van der Waals surface area (Å²) in [5, 5.41) is 2.87. The van der Waals surface area contributed by atoms with Crippen LogP contribution in [0.4, 0.5) is 4.79 Å². The van der Waals surface area contributed by atoms with Crippen molar-refractivity contribution in [2.75, 3.05) is 20.8 Å². The van der Waals surface area contributed by atoms with Crippen LogP contribution in [0.15, 0.2) is 30.9 Å². The summed E-state index contributed by atoms with van der Waals surface area (Å²) in [7, 11) is 2.82. The second-order valence-corrected chi connectivity index (χ2v) is 15.4. The predicted molar refractivity (Wildman–Crippen MR) is 179 cm³/mol. The molecule has 1 aromatic heterocycles. The molecule has 1 N–H and O–H groups in total. The number of likely N-dealkylation sites (tertiary alicyclic amines) is 1. The number of carbonyl (C=O) groups is 3. The van der Waals surface area contributed by atoms with E-state index in [4.69, 9.17) is 30.5 Å². The number of fused-ring (bicyclic) bond motifs is 1. The van der Waals surface area contributed by atoms with Gasteiger partial charge in [0.25, 0.3) is 5.88 Å². The van der Waals surface area contributed by atoms with Crippen molar-refractivity contribution in [1.29, 1.82) is 0 Å². The highest BCUT2D eigenvalue weighted by atomic mass is 127. The molecule has 11 nitrogen and oxygen atoms in total.